The molecule has 0 aliphatic rings. The van der Waals surface area contributed by atoms with Crippen LogP contribution in [-0.2, 0) is 4.74 Å². The number of rotatable bonds is 4. The zero-order chi connectivity index (χ0) is 11.2. The van der Waals surface area contributed by atoms with E-state index in [0.717, 1.165) is 6.42 Å². The average molecular weight is 213 g/mol. The molecule has 0 aliphatic carbocycles. The van der Waals surface area contributed by atoms with Crippen molar-refractivity contribution >= 4 is 6.09 Å². The van der Waals surface area contributed by atoms with Gasteiger partial charge in [-0.05, 0) is 13.3 Å². The standard InChI is InChI=1S/C8H14F3NO2/c1-3-4-6(2)12-7(13)14-5-8(9,10)11/h6H,3-5H2,1-2H3,(H,12,13). The second-order valence-electron chi connectivity index (χ2n) is 3.03. The molecule has 0 saturated carbocycles. The summed E-state index contributed by atoms with van der Waals surface area (Å²) in [5.41, 5.74) is 0. The molecule has 3 nitrogen and oxygen atoms in total. The van der Waals surface area contributed by atoms with Crippen molar-refractivity contribution in [3.05, 3.63) is 0 Å². The van der Waals surface area contributed by atoms with E-state index in [4.69, 9.17) is 0 Å². The number of nitrogens with one attached hydrogen (secondary N) is 1. The van der Waals surface area contributed by atoms with Crippen molar-refractivity contribution < 1.29 is 22.7 Å². The Bertz CT molecular complexity index is 182. The molecule has 0 aromatic rings. The van der Waals surface area contributed by atoms with Crippen LogP contribution in [0.1, 0.15) is 26.7 Å². The van der Waals surface area contributed by atoms with E-state index >= 15 is 0 Å². The summed E-state index contributed by atoms with van der Waals surface area (Å²) < 4.78 is 38.7. The van der Waals surface area contributed by atoms with Gasteiger partial charge in [0.1, 0.15) is 0 Å². The summed E-state index contributed by atoms with van der Waals surface area (Å²) >= 11 is 0. The summed E-state index contributed by atoms with van der Waals surface area (Å²) in [7, 11) is 0. The predicted molar refractivity (Wildman–Crippen MR) is 44.9 cm³/mol. The van der Waals surface area contributed by atoms with Crippen LogP contribution in [0.15, 0.2) is 0 Å². The maximum Gasteiger partial charge on any atom is 0.422 e. The number of carbonyl (C=O) groups is 1. The van der Waals surface area contributed by atoms with E-state index in [-0.39, 0.29) is 6.04 Å². The maximum absolute atomic E-state index is 11.6. The predicted octanol–water partition coefficient (Wildman–Crippen LogP) is 2.46. The minimum atomic E-state index is -4.47. The molecule has 14 heavy (non-hydrogen) atoms. The first-order valence-electron chi connectivity index (χ1n) is 4.35. The lowest BCUT2D eigenvalue weighted by atomic mass is 10.2. The van der Waals surface area contributed by atoms with Gasteiger partial charge in [0, 0.05) is 6.04 Å². The van der Waals surface area contributed by atoms with Crippen molar-refractivity contribution in [1.82, 2.24) is 5.32 Å². The lowest BCUT2D eigenvalue weighted by Crippen LogP contribution is -2.35. The Kier molecular flexibility index (Phi) is 5.34. The van der Waals surface area contributed by atoms with Crippen molar-refractivity contribution in [2.75, 3.05) is 6.61 Å². The van der Waals surface area contributed by atoms with Crippen LogP contribution in [0, 0.1) is 0 Å². The third-order valence-corrected chi connectivity index (χ3v) is 1.45. The summed E-state index contributed by atoms with van der Waals surface area (Å²) in [6.07, 6.45) is -3.93. The number of hydrogen-bond acceptors (Lipinski definition) is 2. The normalized spacial score (nSPS) is 13.5. The number of amides is 1. The van der Waals surface area contributed by atoms with E-state index in [2.05, 4.69) is 10.1 Å². The van der Waals surface area contributed by atoms with Crippen LogP contribution >= 0.6 is 0 Å². The molecule has 0 saturated heterocycles. The molecule has 0 spiro atoms. The van der Waals surface area contributed by atoms with Crippen molar-refractivity contribution in [2.24, 2.45) is 0 Å². The molecule has 0 aromatic carbocycles. The van der Waals surface area contributed by atoms with E-state index in [1.54, 1.807) is 6.92 Å². The lowest BCUT2D eigenvalue weighted by molar-refractivity contribution is -0.160. The van der Waals surface area contributed by atoms with E-state index in [1.807, 2.05) is 6.92 Å². The van der Waals surface area contributed by atoms with Crippen LogP contribution in [0.4, 0.5) is 18.0 Å². The highest BCUT2D eigenvalue weighted by Gasteiger charge is 2.29. The van der Waals surface area contributed by atoms with E-state index in [0.29, 0.717) is 6.42 Å². The summed E-state index contributed by atoms with van der Waals surface area (Å²) in [4.78, 5) is 10.7. The Morgan fingerprint density at radius 1 is 1.50 bits per heavy atom. The van der Waals surface area contributed by atoms with Gasteiger partial charge in [-0.3, -0.25) is 0 Å². The van der Waals surface area contributed by atoms with E-state index in [1.165, 1.54) is 0 Å². The third kappa shape index (κ3) is 7.70. The fraction of sp³-hybridized carbons (Fsp3) is 0.875. The van der Waals surface area contributed by atoms with Crippen LogP contribution < -0.4 is 5.32 Å². The topological polar surface area (TPSA) is 38.3 Å². The van der Waals surface area contributed by atoms with Gasteiger partial charge >= 0.3 is 12.3 Å². The fourth-order valence-electron chi connectivity index (χ4n) is 0.895. The van der Waals surface area contributed by atoms with Crippen LogP contribution in [0.3, 0.4) is 0 Å². The third-order valence-electron chi connectivity index (χ3n) is 1.45. The Balaban J connectivity index is 3.65. The SMILES string of the molecule is CCCC(C)NC(=O)OCC(F)(F)F. The highest BCUT2D eigenvalue weighted by molar-refractivity contribution is 5.67. The Morgan fingerprint density at radius 2 is 2.07 bits per heavy atom. The molecule has 1 unspecified atom stereocenters. The van der Waals surface area contributed by atoms with Crippen molar-refractivity contribution in [3.63, 3.8) is 0 Å². The van der Waals surface area contributed by atoms with Crippen LogP contribution in [0.5, 0.6) is 0 Å². The van der Waals surface area contributed by atoms with Gasteiger partial charge < -0.3 is 10.1 Å². The smallest absolute Gasteiger partial charge is 0.422 e. The molecular formula is C8H14F3NO2. The lowest BCUT2D eigenvalue weighted by Gasteiger charge is -2.13. The van der Waals surface area contributed by atoms with Gasteiger partial charge in [0.15, 0.2) is 6.61 Å². The number of halogens is 3. The zero-order valence-electron chi connectivity index (χ0n) is 8.15. The van der Waals surface area contributed by atoms with Gasteiger partial charge in [0.05, 0.1) is 0 Å². The molecule has 1 atom stereocenters. The summed E-state index contributed by atoms with van der Waals surface area (Å²) in [6.45, 7) is 2.08. The molecule has 1 N–H and O–H groups in total. The number of alkyl halides is 3. The Hall–Kier alpha value is -0.940. The molecule has 0 aromatic heterocycles. The molecule has 6 heteroatoms. The quantitative estimate of drug-likeness (QED) is 0.779. The first kappa shape index (κ1) is 13.1. The van der Waals surface area contributed by atoms with Gasteiger partial charge in [-0.1, -0.05) is 13.3 Å². The Morgan fingerprint density at radius 3 is 2.50 bits per heavy atom. The molecule has 0 radical (unpaired) electrons. The summed E-state index contributed by atoms with van der Waals surface area (Å²) in [6, 6.07) is -0.166. The molecule has 0 fully saturated rings. The number of ether oxygens (including phenoxy) is 1. The van der Waals surface area contributed by atoms with E-state index in [9.17, 15) is 18.0 Å². The summed E-state index contributed by atoms with van der Waals surface area (Å²) in [5.74, 6) is 0. The molecule has 0 bridgehead atoms. The van der Waals surface area contributed by atoms with Gasteiger partial charge in [-0.15, -0.1) is 0 Å². The molecule has 0 heterocycles. The van der Waals surface area contributed by atoms with Crippen LogP contribution in [0.2, 0.25) is 0 Å². The van der Waals surface area contributed by atoms with Gasteiger partial charge in [0.25, 0.3) is 0 Å². The Labute approximate surface area is 80.6 Å². The minimum Gasteiger partial charge on any atom is -0.440 e. The second-order valence-corrected chi connectivity index (χ2v) is 3.03. The van der Waals surface area contributed by atoms with Crippen molar-refractivity contribution in [3.8, 4) is 0 Å². The van der Waals surface area contributed by atoms with Gasteiger partial charge in [0.2, 0.25) is 0 Å². The molecule has 0 rings (SSSR count). The largest absolute Gasteiger partial charge is 0.440 e. The molecule has 84 valence electrons. The number of alkyl carbamates (subject to hydrolysis) is 1. The highest BCUT2D eigenvalue weighted by atomic mass is 19.4. The maximum atomic E-state index is 11.6. The average Bonchev–Trinajstić information content (AvgIpc) is 2.00. The number of hydrogen-bond donors (Lipinski definition) is 1. The first-order chi connectivity index (χ1) is 6.35. The van der Waals surface area contributed by atoms with Crippen molar-refractivity contribution in [1.29, 1.82) is 0 Å². The van der Waals surface area contributed by atoms with Crippen LogP contribution in [0.25, 0.3) is 0 Å². The van der Waals surface area contributed by atoms with Crippen LogP contribution in [-0.4, -0.2) is 24.9 Å². The molecular weight excluding hydrogens is 199 g/mol. The van der Waals surface area contributed by atoms with E-state index < -0.39 is 18.9 Å². The minimum absolute atomic E-state index is 0.166. The summed E-state index contributed by atoms with van der Waals surface area (Å²) in [5, 5.41) is 2.29. The molecule has 1 amide bonds. The highest BCUT2D eigenvalue weighted by Crippen LogP contribution is 2.14. The van der Waals surface area contributed by atoms with Gasteiger partial charge in [-0.2, -0.15) is 13.2 Å². The molecule has 0 aliphatic heterocycles. The number of carbonyl (C=O) groups excluding carboxylic acids is 1. The monoisotopic (exact) mass is 213 g/mol. The van der Waals surface area contributed by atoms with Gasteiger partial charge in [-0.25, -0.2) is 4.79 Å². The first-order valence-corrected chi connectivity index (χ1v) is 4.35. The zero-order valence-corrected chi connectivity index (χ0v) is 8.15. The fourth-order valence-corrected chi connectivity index (χ4v) is 0.895. The second kappa shape index (κ2) is 5.72. The van der Waals surface area contributed by atoms with Crippen molar-refractivity contribution in [2.45, 2.75) is 38.9 Å².